The fraction of sp³-hybridized carbons (Fsp3) is 0. The van der Waals surface area contributed by atoms with Gasteiger partial charge in [0.15, 0.2) is 0 Å². The Bertz CT molecular complexity index is 2010. The molecule has 2 N–H and O–H groups in total. The first kappa shape index (κ1) is 29.0. The average molecular weight is 635 g/mol. The molecule has 222 valence electrons. The molecular weight excluding hydrogens is 609 g/mol. The number of nitrogens with one attached hydrogen (secondary N) is 2. The molecule has 0 aliphatic carbocycles. The van der Waals surface area contributed by atoms with Gasteiger partial charge in [0.25, 0.3) is 11.8 Å². The SMILES string of the molecule is O=C(N/C(=C\c1ccc(/C=C(/NC(=O)c2ccccc2)c2nc3ccccc3s2)cc1)c1nc2ccccc2s1)c1ccccc1. The summed E-state index contributed by atoms with van der Waals surface area (Å²) in [4.78, 5) is 35.9. The topological polar surface area (TPSA) is 84.0 Å². The molecule has 0 spiro atoms. The molecule has 0 unspecified atom stereocenters. The van der Waals surface area contributed by atoms with Crippen LogP contribution in [0.25, 0.3) is 44.0 Å². The zero-order chi connectivity index (χ0) is 31.3. The van der Waals surface area contributed by atoms with Gasteiger partial charge in [-0.25, -0.2) is 9.97 Å². The Balaban J connectivity index is 1.22. The number of carbonyl (C=O) groups is 2. The van der Waals surface area contributed by atoms with Gasteiger partial charge in [0.1, 0.15) is 10.0 Å². The van der Waals surface area contributed by atoms with Crippen LogP contribution in [0.3, 0.4) is 0 Å². The minimum atomic E-state index is -0.208. The zero-order valence-electron chi connectivity index (χ0n) is 24.4. The highest BCUT2D eigenvalue weighted by molar-refractivity contribution is 7.20. The van der Waals surface area contributed by atoms with E-state index in [2.05, 4.69) is 10.6 Å². The third-order valence-electron chi connectivity index (χ3n) is 7.18. The van der Waals surface area contributed by atoms with E-state index in [1.807, 2.05) is 121 Å². The van der Waals surface area contributed by atoms with E-state index in [1.165, 1.54) is 22.7 Å². The van der Waals surface area contributed by atoms with Crippen molar-refractivity contribution in [2.24, 2.45) is 0 Å². The summed E-state index contributed by atoms with van der Waals surface area (Å²) < 4.78 is 2.08. The van der Waals surface area contributed by atoms with E-state index in [0.29, 0.717) is 22.5 Å². The van der Waals surface area contributed by atoms with Gasteiger partial charge in [0.05, 0.1) is 31.8 Å². The summed E-state index contributed by atoms with van der Waals surface area (Å²) in [5.74, 6) is -0.416. The van der Waals surface area contributed by atoms with Crippen LogP contribution < -0.4 is 10.6 Å². The molecule has 2 heterocycles. The number of benzene rings is 5. The molecule has 0 aliphatic heterocycles. The van der Waals surface area contributed by atoms with Gasteiger partial charge in [-0.2, -0.15) is 0 Å². The van der Waals surface area contributed by atoms with Crippen LogP contribution in [0, 0.1) is 0 Å². The normalized spacial score (nSPS) is 11.9. The Morgan fingerprint density at radius 1 is 0.478 bits per heavy atom. The van der Waals surface area contributed by atoms with Crippen molar-refractivity contribution in [3.63, 3.8) is 0 Å². The van der Waals surface area contributed by atoms with Gasteiger partial charge >= 0.3 is 0 Å². The summed E-state index contributed by atoms with van der Waals surface area (Å²) in [6.45, 7) is 0. The second kappa shape index (κ2) is 13.1. The number of hydrogen-bond donors (Lipinski definition) is 2. The van der Waals surface area contributed by atoms with Crippen LogP contribution in [0.1, 0.15) is 41.9 Å². The Kier molecular flexibility index (Phi) is 8.28. The molecule has 2 amide bonds. The maximum absolute atomic E-state index is 13.2. The van der Waals surface area contributed by atoms with Crippen molar-refractivity contribution in [1.29, 1.82) is 0 Å². The van der Waals surface area contributed by atoms with Gasteiger partial charge in [0.2, 0.25) is 0 Å². The predicted octanol–water partition coefficient (Wildman–Crippen LogP) is 8.76. The molecule has 0 bridgehead atoms. The number of para-hydroxylation sites is 2. The number of aromatic nitrogens is 2. The molecule has 2 aromatic heterocycles. The van der Waals surface area contributed by atoms with Crippen molar-refractivity contribution in [3.05, 3.63) is 166 Å². The molecule has 0 saturated carbocycles. The molecular formula is C38H26N4O2S2. The Labute approximate surface area is 273 Å². The first-order valence-corrected chi connectivity index (χ1v) is 16.2. The maximum Gasteiger partial charge on any atom is 0.255 e. The van der Waals surface area contributed by atoms with Crippen LogP contribution >= 0.6 is 22.7 Å². The fourth-order valence-electron chi connectivity index (χ4n) is 4.87. The minimum Gasteiger partial charge on any atom is -0.319 e. The van der Waals surface area contributed by atoms with E-state index in [0.717, 1.165) is 41.6 Å². The van der Waals surface area contributed by atoms with E-state index in [4.69, 9.17) is 9.97 Å². The average Bonchev–Trinajstić information content (AvgIpc) is 3.74. The van der Waals surface area contributed by atoms with Crippen molar-refractivity contribution in [3.8, 4) is 0 Å². The third-order valence-corrected chi connectivity index (χ3v) is 9.31. The lowest BCUT2D eigenvalue weighted by Crippen LogP contribution is -2.21. The van der Waals surface area contributed by atoms with Crippen LogP contribution in [0.5, 0.6) is 0 Å². The lowest BCUT2D eigenvalue weighted by molar-refractivity contribution is 0.0965. The van der Waals surface area contributed by atoms with Crippen molar-refractivity contribution < 1.29 is 9.59 Å². The standard InChI is InChI=1S/C38H26N4O2S2/c43-35(27-11-3-1-4-12-27)39-31(37-41-29-15-7-9-17-33(29)45-37)23-25-19-21-26(22-20-25)24-32(40-36(44)28-13-5-2-6-14-28)38-42-30-16-8-10-18-34(30)46-38/h1-24H,(H,39,43)(H,40,44)/b31-23-,32-24+. The molecule has 0 saturated heterocycles. The van der Waals surface area contributed by atoms with Crippen LogP contribution in [-0.2, 0) is 0 Å². The molecule has 7 rings (SSSR count). The van der Waals surface area contributed by atoms with Gasteiger partial charge in [-0.05, 0) is 71.8 Å². The highest BCUT2D eigenvalue weighted by Crippen LogP contribution is 2.29. The van der Waals surface area contributed by atoms with E-state index in [-0.39, 0.29) is 11.8 Å². The predicted molar refractivity (Wildman–Crippen MR) is 189 cm³/mol. The van der Waals surface area contributed by atoms with E-state index in [1.54, 1.807) is 24.3 Å². The van der Waals surface area contributed by atoms with Gasteiger partial charge in [-0.15, -0.1) is 22.7 Å². The molecule has 0 fully saturated rings. The molecule has 0 radical (unpaired) electrons. The van der Waals surface area contributed by atoms with Gasteiger partial charge in [-0.3, -0.25) is 9.59 Å². The summed E-state index contributed by atoms with van der Waals surface area (Å²) in [5, 5.41) is 7.60. The van der Waals surface area contributed by atoms with E-state index in [9.17, 15) is 9.59 Å². The Hall–Kier alpha value is -5.70. The number of fused-ring (bicyclic) bond motifs is 2. The van der Waals surface area contributed by atoms with E-state index < -0.39 is 0 Å². The summed E-state index contributed by atoms with van der Waals surface area (Å²) >= 11 is 3.05. The highest BCUT2D eigenvalue weighted by atomic mass is 32.1. The van der Waals surface area contributed by atoms with Gasteiger partial charge < -0.3 is 10.6 Å². The Morgan fingerprint density at radius 3 is 1.24 bits per heavy atom. The number of thiazole rings is 2. The van der Waals surface area contributed by atoms with Gasteiger partial charge in [-0.1, -0.05) is 84.9 Å². The lowest BCUT2D eigenvalue weighted by atomic mass is 10.1. The molecule has 0 aliphatic rings. The second-order valence-corrected chi connectivity index (χ2v) is 12.5. The quantitative estimate of drug-likeness (QED) is 0.175. The molecule has 7 aromatic rings. The fourth-order valence-corrected chi connectivity index (χ4v) is 6.74. The van der Waals surface area contributed by atoms with Gasteiger partial charge in [0, 0.05) is 11.1 Å². The number of hydrogen-bond acceptors (Lipinski definition) is 6. The first-order chi connectivity index (χ1) is 22.6. The van der Waals surface area contributed by atoms with Crippen molar-refractivity contribution in [2.45, 2.75) is 0 Å². The van der Waals surface area contributed by atoms with E-state index >= 15 is 0 Å². The monoisotopic (exact) mass is 634 g/mol. The number of amides is 2. The largest absolute Gasteiger partial charge is 0.319 e. The smallest absolute Gasteiger partial charge is 0.255 e. The zero-order valence-corrected chi connectivity index (χ0v) is 26.0. The van der Waals surface area contributed by atoms with Crippen LogP contribution in [0.4, 0.5) is 0 Å². The summed E-state index contributed by atoms with van der Waals surface area (Å²) in [6, 6.07) is 42.0. The molecule has 0 atom stereocenters. The van der Waals surface area contributed by atoms with Crippen molar-refractivity contribution >= 4 is 78.5 Å². The number of carbonyl (C=O) groups excluding carboxylic acids is 2. The second-order valence-electron chi connectivity index (χ2n) is 10.4. The molecule has 8 heteroatoms. The number of rotatable bonds is 8. The lowest BCUT2D eigenvalue weighted by Gasteiger charge is -2.09. The third kappa shape index (κ3) is 6.53. The van der Waals surface area contributed by atoms with Crippen molar-refractivity contribution in [2.75, 3.05) is 0 Å². The molecule has 46 heavy (non-hydrogen) atoms. The van der Waals surface area contributed by atoms with Crippen LogP contribution in [0.2, 0.25) is 0 Å². The Morgan fingerprint density at radius 2 is 0.848 bits per heavy atom. The summed E-state index contributed by atoms with van der Waals surface area (Å²) in [5.41, 5.74) is 5.88. The molecule has 6 nitrogen and oxygen atoms in total. The highest BCUT2D eigenvalue weighted by Gasteiger charge is 2.15. The molecule has 5 aromatic carbocycles. The van der Waals surface area contributed by atoms with Crippen LogP contribution in [0.15, 0.2) is 133 Å². The number of nitrogens with zero attached hydrogens (tertiary/aromatic N) is 2. The maximum atomic E-state index is 13.2. The summed E-state index contributed by atoms with van der Waals surface area (Å²) in [7, 11) is 0. The minimum absolute atomic E-state index is 0.208. The van der Waals surface area contributed by atoms with Crippen molar-refractivity contribution in [1.82, 2.24) is 20.6 Å². The summed E-state index contributed by atoms with van der Waals surface area (Å²) in [6.07, 6.45) is 3.86. The van der Waals surface area contributed by atoms with Crippen LogP contribution in [-0.4, -0.2) is 21.8 Å². The first-order valence-electron chi connectivity index (χ1n) is 14.6.